The second-order valence-electron chi connectivity index (χ2n) is 3.52. The van der Waals surface area contributed by atoms with E-state index in [0.717, 1.165) is 4.47 Å². The third-order valence-corrected chi connectivity index (χ3v) is 2.61. The van der Waals surface area contributed by atoms with Crippen LogP contribution in [-0.2, 0) is 4.74 Å². The SMILES string of the molecule is CNCC(OCC(F)(F)F)c1ccc(Br)cc1. The number of likely N-dealkylation sites (N-methyl/N-ethyl adjacent to an activating group) is 1. The van der Waals surface area contributed by atoms with Gasteiger partial charge in [0, 0.05) is 11.0 Å². The molecule has 0 heterocycles. The largest absolute Gasteiger partial charge is 0.411 e. The smallest absolute Gasteiger partial charge is 0.363 e. The van der Waals surface area contributed by atoms with Crippen LogP contribution in [0.15, 0.2) is 28.7 Å². The van der Waals surface area contributed by atoms with E-state index in [2.05, 4.69) is 21.2 Å². The van der Waals surface area contributed by atoms with Crippen LogP contribution in [0.25, 0.3) is 0 Å². The van der Waals surface area contributed by atoms with Crippen LogP contribution < -0.4 is 5.32 Å². The highest BCUT2D eigenvalue weighted by atomic mass is 79.9. The van der Waals surface area contributed by atoms with Crippen LogP contribution in [-0.4, -0.2) is 26.4 Å². The molecule has 96 valence electrons. The summed E-state index contributed by atoms with van der Waals surface area (Å²) < 4.78 is 42.0. The predicted octanol–water partition coefficient (Wildman–Crippen LogP) is 3.29. The molecule has 0 radical (unpaired) electrons. The first kappa shape index (κ1) is 14.5. The fraction of sp³-hybridized carbons (Fsp3) is 0.455. The molecule has 0 saturated carbocycles. The van der Waals surface area contributed by atoms with Crippen LogP contribution >= 0.6 is 15.9 Å². The van der Waals surface area contributed by atoms with E-state index in [0.29, 0.717) is 12.1 Å². The first-order valence-corrected chi connectivity index (χ1v) is 5.80. The molecule has 0 amide bonds. The van der Waals surface area contributed by atoms with Gasteiger partial charge < -0.3 is 10.1 Å². The minimum atomic E-state index is -4.30. The Morgan fingerprint density at radius 1 is 1.29 bits per heavy atom. The Kier molecular flexibility index (Phi) is 5.42. The molecule has 1 aromatic rings. The zero-order valence-electron chi connectivity index (χ0n) is 9.22. The molecule has 0 fully saturated rings. The molecule has 0 aromatic heterocycles. The maximum absolute atomic E-state index is 12.1. The van der Waals surface area contributed by atoms with Gasteiger partial charge in [-0.05, 0) is 24.7 Å². The fourth-order valence-electron chi connectivity index (χ4n) is 1.33. The predicted molar refractivity (Wildman–Crippen MR) is 62.8 cm³/mol. The lowest BCUT2D eigenvalue weighted by Crippen LogP contribution is -2.25. The lowest BCUT2D eigenvalue weighted by molar-refractivity contribution is -0.185. The number of benzene rings is 1. The number of hydrogen-bond donors (Lipinski definition) is 1. The van der Waals surface area contributed by atoms with Crippen molar-refractivity contribution in [3.63, 3.8) is 0 Å². The van der Waals surface area contributed by atoms with Crippen molar-refractivity contribution in [3.8, 4) is 0 Å². The van der Waals surface area contributed by atoms with E-state index in [1.54, 1.807) is 31.3 Å². The highest BCUT2D eigenvalue weighted by Gasteiger charge is 2.29. The lowest BCUT2D eigenvalue weighted by atomic mass is 10.1. The Hall–Kier alpha value is -0.590. The summed E-state index contributed by atoms with van der Waals surface area (Å²) in [5.74, 6) is 0. The van der Waals surface area contributed by atoms with Gasteiger partial charge >= 0.3 is 6.18 Å². The molecule has 0 spiro atoms. The van der Waals surface area contributed by atoms with Crippen LogP contribution in [0.2, 0.25) is 0 Å². The van der Waals surface area contributed by atoms with Gasteiger partial charge in [0.1, 0.15) is 6.61 Å². The van der Waals surface area contributed by atoms with Crippen molar-refractivity contribution in [1.29, 1.82) is 0 Å². The highest BCUT2D eigenvalue weighted by molar-refractivity contribution is 9.10. The molecule has 1 aromatic carbocycles. The molecule has 0 aliphatic carbocycles. The Morgan fingerprint density at radius 3 is 2.35 bits per heavy atom. The summed E-state index contributed by atoms with van der Waals surface area (Å²) in [5.41, 5.74) is 0.715. The Morgan fingerprint density at radius 2 is 1.88 bits per heavy atom. The number of nitrogens with one attached hydrogen (secondary N) is 1. The van der Waals surface area contributed by atoms with Crippen molar-refractivity contribution >= 4 is 15.9 Å². The van der Waals surface area contributed by atoms with Crippen molar-refractivity contribution in [1.82, 2.24) is 5.32 Å². The van der Waals surface area contributed by atoms with E-state index in [1.807, 2.05) is 0 Å². The molecule has 1 N–H and O–H groups in total. The second-order valence-corrected chi connectivity index (χ2v) is 4.44. The number of hydrogen-bond acceptors (Lipinski definition) is 2. The summed E-state index contributed by atoms with van der Waals surface area (Å²) in [7, 11) is 1.67. The van der Waals surface area contributed by atoms with Crippen molar-refractivity contribution < 1.29 is 17.9 Å². The molecular weight excluding hydrogens is 299 g/mol. The molecule has 0 bridgehead atoms. The van der Waals surface area contributed by atoms with Crippen molar-refractivity contribution in [3.05, 3.63) is 34.3 Å². The van der Waals surface area contributed by atoms with Gasteiger partial charge in [-0.1, -0.05) is 28.1 Å². The van der Waals surface area contributed by atoms with E-state index in [1.165, 1.54) is 0 Å². The number of halogens is 4. The van der Waals surface area contributed by atoms with Crippen molar-refractivity contribution in [2.24, 2.45) is 0 Å². The Balaban J connectivity index is 2.68. The zero-order chi connectivity index (χ0) is 12.9. The molecule has 0 aliphatic rings. The maximum atomic E-state index is 12.1. The van der Waals surface area contributed by atoms with Gasteiger partial charge in [-0.25, -0.2) is 0 Å². The van der Waals surface area contributed by atoms with Crippen molar-refractivity contribution in [2.75, 3.05) is 20.2 Å². The summed E-state index contributed by atoms with van der Waals surface area (Å²) >= 11 is 3.27. The van der Waals surface area contributed by atoms with E-state index in [-0.39, 0.29) is 0 Å². The van der Waals surface area contributed by atoms with Gasteiger partial charge in [0.15, 0.2) is 0 Å². The summed E-state index contributed by atoms with van der Waals surface area (Å²) in [6.07, 6.45) is -4.91. The molecule has 0 saturated heterocycles. The monoisotopic (exact) mass is 311 g/mol. The topological polar surface area (TPSA) is 21.3 Å². The number of ether oxygens (including phenoxy) is 1. The minimum absolute atomic E-state index is 0.331. The van der Waals surface area contributed by atoms with Gasteiger partial charge in [-0.2, -0.15) is 13.2 Å². The quantitative estimate of drug-likeness (QED) is 0.901. The highest BCUT2D eigenvalue weighted by Crippen LogP contribution is 2.23. The normalized spacial score (nSPS) is 13.7. The number of alkyl halides is 3. The molecular formula is C11H13BrF3NO. The van der Waals surface area contributed by atoms with Crippen LogP contribution in [0.4, 0.5) is 13.2 Å². The van der Waals surface area contributed by atoms with E-state index < -0.39 is 18.9 Å². The standard InChI is InChI=1S/C11H13BrF3NO/c1-16-6-10(17-7-11(13,14)15)8-2-4-9(12)5-3-8/h2-5,10,16H,6-7H2,1H3. The van der Waals surface area contributed by atoms with E-state index in [9.17, 15) is 13.2 Å². The molecule has 6 heteroatoms. The van der Waals surface area contributed by atoms with Gasteiger partial charge in [0.25, 0.3) is 0 Å². The molecule has 1 unspecified atom stereocenters. The molecule has 1 atom stereocenters. The van der Waals surface area contributed by atoms with Crippen LogP contribution in [0.5, 0.6) is 0 Å². The molecule has 0 aliphatic heterocycles. The number of rotatable bonds is 5. The van der Waals surface area contributed by atoms with Gasteiger partial charge in [-0.15, -0.1) is 0 Å². The van der Waals surface area contributed by atoms with Crippen molar-refractivity contribution in [2.45, 2.75) is 12.3 Å². The van der Waals surface area contributed by atoms with Crippen LogP contribution in [0, 0.1) is 0 Å². The lowest BCUT2D eigenvalue weighted by Gasteiger charge is -2.19. The summed E-state index contributed by atoms with van der Waals surface area (Å²) in [4.78, 5) is 0. The average molecular weight is 312 g/mol. The third-order valence-electron chi connectivity index (χ3n) is 2.08. The maximum Gasteiger partial charge on any atom is 0.411 e. The summed E-state index contributed by atoms with van der Waals surface area (Å²) in [5, 5.41) is 2.81. The van der Waals surface area contributed by atoms with Crippen LogP contribution in [0.3, 0.4) is 0 Å². The fourth-order valence-corrected chi connectivity index (χ4v) is 1.60. The van der Waals surface area contributed by atoms with Gasteiger partial charge in [0.05, 0.1) is 6.10 Å². The van der Waals surface area contributed by atoms with Gasteiger partial charge in [-0.3, -0.25) is 0 Å². The first-order chi connectivity index (χ1) is 7.92. The summed E-state index contributed by atoms with van der Waals surface area (Å²) in [6, 6.07) is 7.02. The molecule has 1 rings (SSSR count). The van der Waals surface area contributed by atoms with E-state index >= 15 is 0 Å². The summed E-state index contributed by atoms with van der Waals surface area (Å²) in [6.45, 7) is -0.910. The van der Waals surface area contributed by atoms with Gasteiger partial charge in [0.2, 0.25) is 0 Å². The minimum Gasteiger partial charge on any atom is -0.363 e. The molecule has 2 nitrogen and oxygen atoms in total. The van der Waals surface area contributed by atoms with E-state index in [4.69, 9.17) is 4.74 Å². The zero-order valence-corrected chi connectivity index (χ0v) is 10.8. The molecule has 17 heavy (non-hydrogen) atoms. The van der Waals surface area contributed by atoms with Crippen LogP contribution in [0.1, 0.15) is 11.7 Å². The Bertz CT molecular complexity index is 340. The second kappa shape index (κ2) is 6.37. The first-order valence-electron chi connectivity index (χ1n) is 5.01. The Labute approximate surface area is 106 Å². The average Bonchev–Trinajstić information content (AvgIpc) is 2.24. The third kappa shape index (κ3) is 5.52.